The van der Waals surface area contributed by atoms with Crippen molar-refractivity contribution >= 4 is 34.0 Å². The van der Waals surface area contributed by atoms with Crippen LogP contribution in [0.25, 0.3) is 0 Å². The zero-order valence-corrected chi connectivity index (χ0v) is 11.1. The SMILES string of the molecule is CCCCCOP(=O)(O)C(F)(F)C(=O)I. The maximum atomic E-state index is 12.8. The van der Waals surface area contributed by atoms with Crippen LogP contribution in [-0.2, 0) is 13.9 Å². The lowest BCUT2D eigenvalue weighted by Crippen LogP contribution is -2.25. The second-order valence-corrected chi connectivity index (χ2v) is 5.72. The number of hydrogen-bond donors (Lipinski definition) is 1. The van der Waals surface area contributed by atoms with Crippen molar-refractivity contribution in [3.63, 3.8) is 0 Å². The average molecular weight is 356 g/mol. The summed E-state index contributed by atoms with van der Waals surface area (Å²) in [4.78, 5) is 19.3. The zero-order valence-electron chi connectivity index (χ0n) is 8.08. The molecule has 0 spiro atoms. The molecular formula is C7H12F2IO4P. The van der Waals surface area contributed by atoms with Crippen LogP contribution < -0.4 is 0 Å². The first-order valence-electron chi connectivity index (χ1n) is 4.31. The molecule has 0 aromatic carbocycles. The summed E-state index contributed by atoms with van der Waals surface area (Å²) in [6.45, 7) is 1.64. The molecule has 90 valence electrons. The van der Waals surface area contributed by atoms with Crippen LogP contribution in [0.15, 0.2) is 0 Å². The summed E-state index contributed by atoms with van der Waals surface area (Å²) in [5.74, 6) is 0. The fraction of sp³-hybridized carbons (Fsp3) is 0.857. The molecule has 0 fully saturated rings. The number of halogens is 3. The molecule has 0 aliphatic carbocycles. The van der Waals surface area contributed by atoms with Crippen molar-refractivity contribution in [3.8, 4) is 0 Å². The Labute approximate surface area is 100 Å². The second-order valence-electron chi connectivity index (χ2n) is 2.88. The van der Waals surface area contributed by atoms with Crippen LogP contribution in [0.3, 0.4) is 0 Å². The summed E-state index contributed by atoms with van der Waals surface area (Å²) in [7, 11) is -5.18. The second kappa shape index (κ2) is 6.22. The summed E-state index contributed by atoms with van der Waals surface area (Å²) in [5.41, 5.74) is -4.32. The fourth-order valence-electron chi connectivity index (χ4n) is 0.732. The Morgan fingerprint density at radius 3 is 2.47 bits per heavy atom. The number of unbranched alkanes of at least 4 members (excludes halogenated alkanes) is 2. The van der Waals surface area contributed by atoms with E-state index in [1.165, 1.54) is 0 Å². The van der Waals surface area contributed by atoms with Gasteiger partial charge in [-0.3, -0.25) is 9.36 Å². The Balaban J connectivity index is 4.29. The van der Waals surface area contributed by atoms with Gasteiger partial charge in [-0.05, 0) is 6.42 Å². The van der Waals surface area contributed by atoms with Gasteiger partial charge in [-0.25, -0.2) is 0 Å². The van der Waals surface area contributed by atoms with E-state index in [1.807, 2.05) is 6.92 Å². The van der Waals surface area contributed by atoms with Crippen LogP contribution >= 0.6 is 30.2 Å². The first kappa shape index (κ1) is 15.4. The monoisotopic (exact) mass is 356 g/mol. The lowest BCUT2D eigenvalue weighted by molar-refractivity contribution is -0.123. The van der Waals surface area contributed by atoms with Crippen LogP contribution in [0.2, 0.25) is 0 Å². The highest BCUT2D eigenvalue weighted by atomic mass is 127. The Bertz CT molecular complexity index is 272. The van der Waals surface area contributed by atoms with E-state index in [2.05, 4.69) is 4.52 Å². The number of alkyl halides is 2. The molecule has 0 radical (unpaired) electrons. The van der Waals surface area contributed by atoms with Crippen molar-refractivity contribution in [2.24, 2.45) is 0 Å². The minimum Gasteiger partial charge on any atom is -0.320 e. The highest BCUT2D eigenvalue weighted by Gasteiger charge is 2.56. The van der Waals surface area contributed by atoms with Crippen LogP contribution in [0.4, 0.5) is 8.78 Å². The number of carbonyl (C=O) groups is 1. The molecule has 0 saturated carbocycles. The van der Waals surface area contributed by atoms with E-state index in [-0.39, 0.29) is 6.61 Å². The Morgan fingerprint density at radius 2 is 2.07 bits per heavy atom. The third kappa shape index (κ3) is 4.42. The van der Waals surface area contributed by atoms with Crippen molar-refractivity contribution in [1.29, 1.82) is 0 Å². The van der Waals surface area contributed by atoms with Crippen molar-refractivity contribution in [1.82, 2.24) is 0 Å². The first-order valence-corrected chi connectivity index (χ1v) is 6.96. The predicted octanol–water partition coefficient (Wildman–Crippen LogP) is 2.93. The van der Waals surface area contributed by atoms with Gasteiger partial charge in [0.2, 0.25) is 0 Å². The van der Waals surface area contributed by atoms with Gasteiger partial charge in [0.25, 0.3) is 3.79 Å². The summed E-state index contributed by atoms with van der Waals surface area (Å²) in [6, 6.07) is 0. The summed E-state index contributed by atoms with van der Waals surface area (Å²) in [5, 5.41) is 0. The van der Waals surface area contributed by atoms with E-state index < -0.39 is 17.0 Å². The van der Waals surface area contributed by atoms with Gasteiger partial charge in [0.05, 0.1) is 6.61 Å². The van der Waals surface area contributed by atoms with Crippen LogP contribution in [0, 0.1) is 0 Å². The maximum absolute atomic E-state index is 12.8. The molecule has 0 aromatic rings. The van der Waals surface area contributed by atoms with Crippen molar-refractivity contribution < 1.29 is 27.6 Å². The Kier molecular flexibility index (Phi) is 6.39. The molecule has 0 saturated heterocycles. The molecule has 0 rings (SSSR count). The summed E-state index contributed by atoms with van der Waals surface area (Å²) >= 11 is 0.778. The van der Waals surface area contributed by atoms with Gasteiger partial charge in [-0.2, -0.15) is 8.78 Å². The number of carbonyl (C=O) groups excluding carboxylic acids is 1. The first-order chi connectivity index (χ1) is 6.75. The zero-order chi connectivity index (χ0) is 12.1. The largest absolute Gasteiger partial charge is 0.412 e. The molecular weight excluding hydrogens is 344 g/mol. The minimum absolute atomic E-state index is 0.249. The normalized spacial score (nSPS) is 16.1. The lowest BCUT2D eigenvalue weighted by Gasteiger charge is -2.18. The highest BCUT2D eigenvalue weighted by Crippen LogP contribution is 2.58. The fourth-order valence-corrected chi connectivity index (χ4v) is 2.41. The van der Waals surface area contributed by atoms with Crippen molar-refractivity contribution in [3.05, 3.63) is 0 Å². The van der Waals surface area contributed by atoms with Crippen LogP contribution in [0.5, 0.6) is 0 Å². The molecule has 1 atom stereocenters. The molecule has 0 bridgehead atoms. The van der Waals surface area contributed by atoms with Crippen molar-refractivity contribution in [2.75, 3.05) is 6.61 Å². The van der Waals surface area contributed by atoms with Gasteiger partial charge < -0.3 is 9.42 Å². The van der Waals surface area contributed by atoms with E-state index in [9.17, 15) is 18.1 Å². The molecule has 0 aliphatic rings. The predicted molar refractivity (Wildman–Crippen MR) is 59.3 cm³/mol. The smallest absolute Gasteiger partial charge is 0.320 e. The van der Waals surface area contributed by atoms with E-state index in [0.29, 0.717) is 12.8 Å². The average Bonchev–Trinajstić information content (AvgIpc) is 2.12. The van der Waals surface area contributed by atoms with E-state index in [0.717, 1.165) is 29.0 Å². The number of rotatable bonds is 7. The summed E-state index contributed by atoms with van der Waals surface area (Å²) in [6.07, 6.45) is 1.96. The number of hydrogen-bond acceptors (Lipinski definition) is 3. The summed E-state index contributed by atoms with van der Waals surface area (Å²) < 4.78 is 39.2. The van der Waals surface area contributed by atoms with Gasteiger partial charge in [-0.1, -0.05) is 19.8 Å². The molecule has 8 heteroatoms. The van der Waals surface area contributed by atoms with Gasteiger partial charge in [0.15, 0.2) is 0 Å². The van der Waals surface area contributed by atoms with Gasteiger partial charge in [0, 0.05) is 22.6 Å². The molecule has 15 heavy (non-hydrogen) atoms. The molecule has 4 nitrogen and oxygen atoms in total. The molecule has 1 N–H and O–H groups in total. The standard InChI is InChI=1S/C7H12F2IO4P/c1-2-3-4-5-14-15(12,13)7(8,9)6(10)11/h2-5H2,1H3,(H,12,13). The molecule has 1 unspecified atom stereocenters. The van der Waals surface area contributed by atoms with Crippen LogP contribution in [-0.4, -0.2) is 21.0 Å². The quantitative estimate of drug-likeness (QED) is 0.330. The third-order valence-electron chi connectivity index (χ3n) is 1.61. The van der Waals surface area contributed by atoms with E-state index in [4.69, 9.17) is 4.89 Å². The van der Waals surface area contributed by atoms with Crippen molar-refractivity contribution in [2.45, 2.75) is 31.8 Å². The van der Waals surface area contributed by atoms with Gasteiger partial charge in [0.1, 0.15) is 0 Å². The topological polar surface area (TPSA) is 63.6 Å². The molecule has 0 amide bonds. The molecule has 0 aliphatic heterocycles. The minimum atomic E-state index is -5.18. The maximum Gasteiger partial charge on any atom is 0.412 e. The third-order valence-corrected chi connectivity index (χ3v) is 4.16. The lowest BCUT2D eigenvalue weighted by atomic mass is 10.3. The van der Waals surface area contributed by atoms with E-state index >= 15 is 0 Å². The van der Waals surface area contributed by atoms with Gasteiger partial charge in [-0.15, -0.1) is 0 Å². The highest BCUT2D eigenvalue weighted by molar-refractivity contribution is 14.1. The van der Waals surface area contributed by atoms with Crippen LogP contribution in [0.1, 0.15) is 26.2 Å². The Hall–Kier alpha value is 0.410. The molecule has 0 aromatic heterocycles. The Morgan fingerprint density at radius 1 is 1.53 bits per heavy atom. The van der Waals surface area contributed by atoms with E-state index in [1.54, 1.807) is 0 Å². The molecule has 0 heterocycles. The van der Waals surface area contributed by atoms with Gasteiger partial charge >= 0.3 is 13.3 Å².